The number of nitrogens with one attached hydrogen (secondary N) is 3. The molecule has 0 bridgehead atoms. The quantitative estimate of drug-likeness (QED) is 0.395. The van der Waals surface area contributed by atoms with Gasteiger partial charge in [0.2, 0.25) is 5.91 Å². The molecule has 0 aliphatic rings. The highest BCUT2D eigenvalue weighted by Gasteiger charge is 2.28. The van der Waals surface area contributed by atoms with E-state index in [-0.39, 0.29) is 18.2 Å². The van der Waals surface area contributed by atoms with Gasteiger partial charge in [-0.1, -0.05) is 42.5 Å². The molecular weight excluding hydrogens is 409 g/mol. The Morgan fingerprint density at radius 1 is 0.968 bits per heavy atom. The molecule has 31 heavy (non-hydrogen) atoms. The molecule has 9 heteroatoms. The SMILES string of the molecule is CCNC(=NCc1ccc(OCC(F)(F)F)cc1)NCC(=O)NCCc1ccccc1. The molecule has 1 amide bonds. The molecule has 0 saturated carbocycles. The van der Waals surface area contributed by atoms with Crippen molar-refractivity contribution < 1.29 is 22.7 Å². The Morgan fingerprint density at radius 3 is 2.32 bits per heavy atom. The fourth-order valence-electron chi connectivity index (χ4n) is 2.59. The second-order valence-electron chi connectivity index (χ2n) is 6.68. The number of amides is 1. The van der Waals surface area contributed by atoms with E-state index in [4.69, 9.17) is 0 Å². The van der Waals surface area contributed by atoms with Gasteiger partial charge in [0.1, 0.15) is 5.75 Å². The van der Waals surface area contributed by atoms with E-state index in [1.54, 1.807) is 12.1 Å². The molecule has 0 aliphatic carbocycles. The van der Waals surface area contributed by atoms with Gasteiger partial charge >= 0.3 is 6.18 Å². The lowest BCUT2D eigenvalue weighted by Crippen LogP contribution is -2.43. The molecule has 0 radical (unpaired) electrons. The molecule has 3 N–H and O–H groups in total. The summed E-state index contributed by atoms with van der Waals surface area (Å²) in [6.45, 7) is 2.11. The van der Waals surface area contributed by atoms with E-state index in [1.165, 1.54) is 12.1 Å². The van der Waals surface area contributed by atoms with E-state index in [0.717, 1.165) is 17.5 Å². The third-order valence-electron chi connectivity index (χ3n) is 4.08. The number of halogens is 3. The lowest BCUT2D eigenvalue weighted by atomic mass is 10.1. The van der Waals surface area contributed by atoms with Crippen molar-refractivity contribution in [2.75, 3.05) is 26.2 Å². The Balaban J connectivity index is 1.76. The number of nitrogens with zero attached hydrogens (tertiary/aromatic N) is 1. The van der Waals surface area contributed by atoms with Crippen LogP contribution in [0.5, 0.6) is 5.75 Å². The number of hydrogen-bond donors (Lipinski definition) is 3. The largest absolute Gasteiger partial charge is 0.484 e. The first-order valence-corrected chi connectivity index (χ1v) is 9.97. The third-order valence-corrected chi connectivity index (χ3v) is 4.08. The summed E-state index contributed by atoms with van der Waals surface area (Å²) in [6.07, 6.45) is -3.62. The van der Waals surface area contributed by atoms with Crippen molar-refractivity contribution in [1.29, 1.82) is 0 Å². The summed E-state index contributed by atoms with van der Waals surface area (Å²) in [5.74, 6) is 0.466. The van der Waals surface area contributed by atoms with Crippen molar-refractivity contribution in [3.63, 3.8) is 0 Å². The van der Waals surface area contributed by atoms with Gasteiger partial charge in [-0.15, -0.1) is 0 Å². The van der Waals surface area contributed by atoms with Crippen LogP contribution in [0.1, 0.15) is 18.1 Å². The highest BCUT2D eigenvalue weighted by atomic mass is 19.4. The molecule has 0 aromatic heterocycles. The van der Waals surface area contributed by atoms with Gasteiger partial charge in [0.15, 0.2) is 12.6 Å². The Hall–Kier alpha value is -3.23. The Kier molecular flexibility index (Phi) is 9.67. The number of aliphatic imine (C=N–C) groups is 1. The first kappa shape index (κ1) is 24.0. The van der Waals surface area contributed by atoms with Gasteiger partial charge in [-0.25, -0.2) is 4.99 Å². The minimum absolute atomic E-state index is 0.0742. The molecule has 2 aromatic carbocycles. The van der Waals surface area contributed by atoms with E-state index in [2.05, 4.69) is 25.7 Å². The van der Waals surface area contributed by atoms with Crippen LogP contribution in [0.25, 0.3) is 0 Å². The van der Waals surface area contributed by atoms with Crippen LogP contribution in [0.4, 0.5) is 13.2 Å². The number of alkyl halides is 3. The predicted octanol–water partition coefficient (Wildman–Crippen LogP) is 3.04. The number of guanidine groups is 1. The van der Waals surface area contributed by atoms with Crippen molar-refractivity contribution in [3.8, 4) is 5.75 Å². The summed E-state index contributed by atoms with van der Waals surface area (Å²) in [5, 5.41) is 8.87. The number of carbonyl (C=O) groups is 1. The number of benzene rings is 2. The molecule has 0 unspecified atom stereocenters. The second kappa shape index (κ2) is 12.5. The first-order valence-electron chi connectivity index (χ1n) is 9.97. The second-order valence-corrected chi connectivity index (χ2v) is 6.68. The number of carbonyl (C=O) groups excluding carboxylic acids is 1. The summed E-state index contributed by atoms with van der Waals surface area (Å²) in [6, 6.07) is 16.1. The van der Waals surface area contributed by atoms with Crippen LogP contribution in [0.15, 0.2) is 59.6 Å². The van der Waals surface area contributed by atoms with Gasteiger partial charge in [0.25, 0.3) is 0 Å². The van der Waals surface area contributed by atoms with Gasteiger partial charge < -0.3 is 20.7 Å². The monoisotopic (exact) mass is 436 g/mol. The fraction of sp³-hybridized carbons (Fsp3) is 0.364. The number of rotatable bonds is 10. The van der Waals surface area contributed by atoms with Gasteiger partial charge in [0, 0.05) is 13.1 Å². The van der Waals surface area contributed by atoms with E-state index >= 15 is 0 Å². The Bertz CT molecular complexity index is 825. The molecule has 2 aromatic rings. The fourth-order valence-corrected chi connectivity index (χ4v) is 2.59. The maximum atomic E-state index is 12.2. The van der Waals surface area contributed by atoms with Gasteiger partial charge in [-0.2, -0.15) is 13.2 Å². The van der Waals surface area contributed by atoms with Crippen molar-refractivity contribution in [1.82, 2.24) is 16.0 Å². The van der Waals surface area contributed by atoms with Crippen LogP contribution in [0.2, 0.25) is 0 Å². The first-order chi connectivity index (χ1) is 14.9. The molecule has 0 aliphatic heterocycles. The van der Waals surface area contributed by atoms with Crippen molar-refractivity contribution >= 4 is 11.9 Å². The Labute approximate surface area is 179 Å². The van der Waals surface area contributed by atoms with Crippen molar-refractivity contribution in [2.45, 2.75) is 26.1 Å². The average molecular weight is 436 g/mol. The molecule has 0 spiro atoms. The van der Waals surface area contributed by atoms with Crippen LogP contribution in [0, 0.1) is 0 Å². The zero-order valence-electron chi connectivity index (χ0n) is 17.3. The normalized spacial score (nSPS) is 11.7. The summed E-state index contributed by atoms with van der Waals surface area (Å²) in [4.78, 5) is 16.4. The minimum Gasteiger partial charge on any atom is -0.484 e. The van der Waals surface area contributed by atoms with Crippen LogP contribution in [0.3, 0.4) is 0 Å². The van der Waals surface area contributed by atoms with Gasteiger partial charge in [0.05, 0.1) is 13.1 Å². The van der Waals surface area contributed by atoms with Crippen LogP contribution >= 0.6 is 0 Å². The smallest absolute Gasteiger partial charge is 0.422 e. The summed E-state index contributed by atoms with van der Waals surface area (Å²) in [7, 11) is 0. The van der Waals surface area contributed by atoms with Crippen molar-refractivity contribution in [2.24, 2.45) is 4.99 Å². The zero-order chi connectivity index (χ0) is 22.5. The molecule has 0 heterocycles. The standard InChI is InChI=1S/C22H27F3N4O2/c1-2-26-21(29-15-20(30)27-13-12-17-6-4-3-5-7-17)28-14-18-8-10-19(11-9-18)31-16-22(23,24)25/h3-11H,2,12-16H2,1H3,(H,27,30)(H2,26,28,29). The topological polar surface area (TPSA) is 74.8 Å². The molecule has 168 valence electrons. The third kappa shape index (κ3) is 10.4. The summed E-state index contributed by atoms with van der Waals surface area (Å²) >= 11 is 0. The highest BCUT2D eigenvalue weighted by molar-refractivity contribution is 5.86. The van der Waals surface area contributed by atoms with Crippen LogP contribution < -0.4 is 20.7 Å². The predicted molar refractivity (Wildman–Crippen MR) is 114 cm³/mol. The average Bonchev–Trinajstić information content (AvgIpc) is 2.75. The summed E-state index contributed by atoms with van der Waals surface area (Å²) in [5.41, 5.74) is 1.95. The number of hydrogen-bond acceptors (Lipinski definition) is 3. The lowest BCUT2D eigenvalue weighted by molar-refractivity contribution is -0.153. The molecule has 0 fully saturated rings. The van der Waals surface area contributed by atoms with Crippen LogP contribution in [-0.4, -0.2) is 44.3 Å². The molecular formula is C22H27F3N4O2. The maximum Gasteiger partial charge on any atom is 0.422 e. The zero-order valence-corrected chi connectivity index (χ0v) is 17.3. The highest BCUT2D eigenvalue weighted by Crippen LogP contribution is 2.19. The summed E-state index contributed by atoms with van der Waals surface area (Å²) < 4.78 is 41.3. The minimum atomic E-state index is -4.37. The molecule has 2 rings (SSSR count). The van der Waals surface area contributed by atoms with Crippen LogP contribution in [-0.2, 0) is 17.8 Å². The van der Waals surface area contributed by atoms with E-state index < -0.39 is 12.8 Å². The van der Waals surface area contributed by atoms with Gasteiger partial charge in [-0.05, 0) is 36.6 Å². The molecule has 6 nitrogen and oxygen atoms in total. The van der Waals surface area contributed by atoms with E-state index in [9.17, 15) is 18.0 Å². The van der Waals surface area contributed by atoms with Crippen molar-refractivity contribution in [3.05, 3.63) is 65.7 Å². The van der Waals surface area contributed by atoms with E-state index in [1.807, 2.05) is 37.3 Å². The van der Waals surface area contributed by atoms with Gasteiger partial charge in [-0.3, -0.25) is 4.79 Å². The number of ether oxygens (including phenoxy) is 1. The Morgan fingerprint density at radius 2 is 1.68 bits per heavy atom. The maximum absolute atomic E-state index is 12.2. The lowest BCUT2D eigenvalue weighted by Gasteiger charge is -2.12. The molecule has 0 atom stereocenters. The molecule has 0 saturated heterocycles. The van der Waals surface area contributed by atoms with E-state index in [0.29, 0.717) is 25.6 Å².